The number of benzene rings is 1. The van der Waals surface area contributed by atoms with Crippen molar-refractivity contribution in [1.29, 1.82) is 0 Å². The molecule has 0 heterocycles. The summed E-state index contributed by atoms with van der Waals surface area (Å²) in [7, 11) is -4.03. The van der Waals surface area contributed by atoms with Crippen LogP contribution in [0.2, 0.25) is 0 Å². The second-order valence-electron chi connectivity index (χ2n) is 5.02. The van der Waals surface area contributed by atoms with Gasteiger partial charge in [0, 0.05) is 6.54 Å². The van der Waals surface area contributed by atoms with E-state index < -0.39 is 32.8 Å². The van der Waals surface area contributed by atoms with Crippen molar-refractivity contribution < 1.29 is 26.7 Å². The van der Waals surface area contributed by atoms with Crippen molar-refractivity contribution in [2.24, 2.45) is 5.92 Å². The van der Waals surface area contributed by atoms with E-state index in [1.165, 1.54) is 0 Å². The highest BCUT2D eigenvalue weighted by Gasteiger charge is 2.31. The van der Waals surface area contributed by atoms with Gasteiger partial charge in [-0.05, 0) is 30.5 Å². The van der Waals surface area contributed by atoms with Gasteiger partial charge in [-0.3, -0.25) is 0 Å². The van der Waals surface area contributed by atoms with Crippen LogP contribution in [0.25, 0.3) is 0 Å². The lowest BCUT2D eigenvalue weighted by atomic mass is 10.1. The largest absolute Gasteiger partial charge is 0.416 e. The molecule has 0 spiro atoms. The maximum absolute atomic E-state index is 12.6. The molecule has 1 unspecified atom stereocenters. The summed E-state index contributed by atoms with van der Waals surface area (Å²) in [5.74, 6) is -0.0249. The zero-order chi connectivity index (χ0) is 16.3. The molecule has 1 atom stereocenters. The Morgan fingerprint density at radius 3 is 2.43 bits per heavy atom. The molecular weight excluding hydrogens is 307 g/mol. The maximum Gasteiger partial charge on any atom is 0.416 e. The minimum atomic E-state index is -4.60. The van der Waals surface area contributed by atoms with E-state index in [1.54, 1.807) is 13.8 Å². The van der Waals surface area contributed by atoms with E-state index in [-0.39, 0.29) is 18.9 Å². The van der Waals surface area contributed by atoms with Gasteiger partial charge in [-0.1, -0.05) is 19.9 Å². The number of sulfonamides is 1. The van der Waals surface area contributed by atoms with Crippen molar-refractivity contribution in [3.8, 4) is 0 Å². The number of aliphatic hydroxyl groups excluding tert-OH is 1. The molecule has 0 saturated heterocycles. The third-order valence-corrected chi connectivity index (χ3v) is 4.43. The minimum Gasteiger partial charge on any atom is -0.393 e. The lowest BCUT2D eigenvalue weighted by Crippen LogP contribution is -2.29. The first kappa shape index (κ1) is 17.9. The van der Waals surface area contributed by atoms with Gasteiger partial charge >= 0.3 is 6.18 Å². The second-order valence-corrected chi connectivity index (χ2v) is 6.79. The van der Waals surface area contributed by atoms with Crippen molar-refractivity contribution >= 4 is 10.0 Å². The SMILES string of the molecule is CC(C)C(O)CCNS(=O)(=O)c1cccc(C(F)(F)F)c1. The average molecular weight is 325 g/mol. The molecular formula is C13H18F3NO3S. The summed E-state index contributed by atoms with van der Waals surface area (Å²) in [6, 6.07) is 3.53. The summed E-state index contributed by atoms with van der Waals surface area (Å²) < 4.78 is 63.7. The molecule has 120 valence electrons. The summed E-state index contributed by atoms with van der Waals surface area (Å²) in [6.45, 7) is 3.52. The Morgan fingerprint density at radius 1 is 1.29 bits per heavy atom. The quantitative estimate of drug-likeness (QED) is 0.844. The number of nitrogens with one attached hydrogen (secondary N) is 1. The number of alkyl halides is 3. The fourth-order valence-electron chi connectivity index (χ4n) is 1.60. The third kappa shape index (κ3) is 5.29. The lowest BCUT2D eigenvalue weighted by molar-refractivity contribution is -0.137. The van der Waals surface area contributed by atoms with Crippen LogP contribution in [0.15, 0.2) is 29.2 Å². The summed E-state index contributed by atoms with van der Waals surface area (Å²) in [5.41, 5.74) is -1.02. The maximum atomic E-state index is 12.6. The van der Waals surface area contributed by atoms with E-state index in [9.17, 15) is 26.7 Å². The molecule has 0 aliphatic carbocycles. The van der Waals surface area contributed by atoms with Crippen LogP contribution in [0.3, 0.4) is 0 Å². The van der Waals surface area contributed by atoms with Crippen molar-refractivity contribution in [2.45, 2.75) is 37.4 Å². The molecule has 0 aliphatic rings. The molecule has 0 saturated carbocycles. The van der Waals surface area contributed by atoms with Crippen LogP contribution in [-0.2, 0) is 16.2 Å². The van der Waals surface area contributed by atoms with E-state index in [4.69, 9.17) is 0 Å². The molecule has 0 radical (unpaired) electrons. The van der Waals surface area contributed by atoms with Crippen molar-refractivity contribution in [1.82, 2.24) is 4.72 Å². The Kier molecular flexibility index (Phi) is 5.77. The zero-order valence-electron chi connectivity index (χ0n) is 11.7. The van der Waals surface area contributed by atoms with Crippen molar-refractivity contribution in [3.63, 3.8) is 0 Å². The molecule has 1 rings (SSSR count). The summed E-state index contributed by atoms with van der Waals surface area (Å²) >= 11 is 0. The van der Waals surface area contributed by atoms with Crippen LogP contribution in [0.1, 0.15) is 25.8 Å². The summed E-state index contributed by atoms with van der Waals surface area (Å²) in [4.78, 5) is -0.448. The van der Waals surface area contributed by atoms with Crippen molar-refractivity contribution in [3.05, 3.63) is 29.8 Å². The molecule has 8 heteroatoms. The Morgan fingerprint density at radius 2 is 1.90 bits per heavy atom. The van der Waals surface area contributed by atoms with E-state index in [2.05, 4.69) is 4.72 Å². The van der Waals surface area contributed by atoms with Gasteiger partial charge in [0.1, 0.15) is 0 Å². The Bertz CT molecular complexity index is 570. The van der Waals surface area contributed by atoms with Gasteiger partial charge < -0.3 is 5.11 Å². The van der Waals surface area contributed by atoms with Crippen LogP contribution < -0.4 is 4.72 Å². The molecule has 0 aromatic heterocycles. The molecule has 1 aromatic carbocycles. The van der Waals surface area contributed by atoms with Gasteiger partial charge in [0.25, 0.3) is 0 Å². The normalized spacial score (nSPS) is 14.4. The Balaban J connectivity index is 2.80. The first-order chi connectivity index (χ1) is 9.54. The highest BCUT2D eigenvalue weighted by Crippen LogP contribution is 2.30. The van der Waals surface area contributed by atoms with E-state index >= 15 is 0 Å². The average Bonchev–Trinajstić information content (AvgIpc) is 2.37. The first-order valence-corrected chi connectivity index (χ1v) is 7.87. The first-order valence-electron chi connectivity index (χ1n) is 6.39. The molecule has 21 heavy (non-hydrogen) atoms. The number of rotatable bonds is 6. The van der Waals surface area contributed by atoms with Gasteiger partial charge in [-0.15, -0.1) is 0 Å². The molecule has 2 N–H and O–H groups in total. The van der Waals surface area contributed by atoms with Gasteiger partial charge in [0.15, 0.2) is 0 Å². The van der Waals surface area contributed by atoms with Crippen LogP contribution in [-0.4, -0.2) is 26.2 Å². The van der Waals surface area contributed by atoms with Gasteiger partial charge in [0.2, 0.25) is 10.0 Å². The number of hydrogen-bond donors (Lipinski definition) is 2. The van der Waals surface area contributed by atoms with Gasteiger partial charge in [-0.25, -0.2) is 13.1 Å². The Hall–Kier alpha value is -1.12. The highest BCUT2D eigenvalue weighted by molar-refractivity contribution is 7.89. The van der Waals surface area contributed by atoms with Crippen LogP contribution in [0, 0.1) is 5.92 Å². The molecule has 0 aliphatic heterocycles. The molecule has 1 aromatic rings. The minimum absolute atomic E-state index is 0.0249. The number of halogens is 3. The van der Waals surface area contributed by atoms with Crippen LogP contribution in [0.4, 0.5) is 13.2 Å². The standard InChI is InChI=1S/C13H18F3NO3S/c1-9(2)12(18)6-7-17-21(19,20)11-5-3-4-10(8-11)13(14,15)16/h3-5,8-9,12,17-18H,6-7H2,1-2H3. The molecule has 0 fully saturated rings. The molecule has 0 amide bonds. The fourth-order valence-corrected chi connectivity index (χ4v) is 2.69. The predicted octanol–water partition coefficient (Wildman–Crippen LogP) is 2.39. The summed E-state index contributed by atoms with van der Waals surface area (Å²) in [6.07, 6.45) is -5.08. The lowest BCUT2D eigenvalue weighted by Gasteiger charge is -2.15. The third-order valence-electron chi connectivity index (χ3n) is 2.97. The molecule has 0 bridgehead atoms. The monoisotopic (exact) mass is 325 g/mol. The number of aliphatic hydroxyl groups is 1. The number of hydrogen-bond acceptors (Lipinski definition) is 3. The topological polar surface area (TPSA) is 66.4 Å². The van der Waals surface area contributed by atoms with E-state index in [0.717, 1.165) is 18.2 Å². The summed E-state index contributed by atoms with van der Waals surface area (Å²) in [5, 5.41) is 9.56. The highest BCUT2D eigenvalue weighted by atomic mass is 32.2. The molecule has 4 nitrogen and oxygen atoms in total. The van der Waals surface area contributed by atoms with Gasteiger partial charge in [0.05, 0.1) is 16.6 Å². The van der Waals surface area contributed by atoms with Crippen LogP contribution >= 0.6 is 0 Å². The zero-order valence-corrected chi connectivity index (χ0v) is 12.5. The van der Waals surface area contributed by atoms with E-state index in [0.29, 0.717) is 6.07 Å². The predicted molar refractivity (Wildman–Crippen MR) is 72.1 cm³/mol. The Labute approximate surface area is 122 Å². The van der Waals surface area contributed by atoms with Crippen molar-refractivity contribution in [2.75, 3.05) is 6.54 Å². The van der Waals surface area contributed by atoms with E-state index in [1.807, 2.05) is 0 Å². The fraction of sp³-hybridized carbons (Fsp3) is 0.538. The smallest absolute Gasteiger partial charge is 0.393 e. The van der Waals surface area contributed by atoms with Crippen LogP contribution in [0.5, 0.6) is 0 Å². The second kappa shape index (κ2) is 6.76. The van der Waals surface area contributed by atoms with Gasteiger partial charge in [-0.2, -0.15) is 13.2 Å².